The molecule has 3 rings (SSSR count). The van der Waals surface area contributed by atoms with Crippen LogP contribution in [0.3, 0.4) is 0 Å². The quantitative estimate of drug-likeness (QED) is 0.861. The number of ether oxygens (including phenoxy) is 2. The first kappa shape index (κ1) is 14.6. The van der Waals surface area contributed by atoms with Crippen molar-refractivity contribution in [1.82, 2.24) is 4.89 Å². The van der Waals surface area contributed by atoms with E-state index in [1.54, 1.807) is 6.07 Å². The van der Waals surface area contributed by atoms with Gasteiger partial charge in [0.2, 0.25) is 0 Å². The summed E-state index contributed by atoms with van der Waals surface area (Å²) in [6, 6.07) is 4.58. The van der Waals surface area contributed by atoms with E-state index in [0.29, 0.717) is 24.7 Å². The van der Waals surface area contributed by atoms with E-state index in [9.17, 15) is 8.42 Å². The van der Waals surface area contributed by atoms with Gasteiger partial charge in [0.15, 0.2) is 11.5 Å². The zero-order chi connectivity index (χ0) is 14.7. The Kier molecular flexibility index (Phi) is 4.32. The van der Waals surface area contributed by atoms with Gasteiger partial charge >= 0.3 is 0 Å². The highest BCUT2D eigenvalue weighted by Gasteiger charge is 2.22. The van der Waals surface area contributed by atoms with Gasteiger partial charge in [0.25, 0.3) is 10.0 Å². The lowest BCUT2D eigenvalue weighted by molar-refractivity contribution is 0.0223. The molecule has 1 aromatic rings. The molecule has 7 heteroatoms. The van der Waals surface area contributed by atoms with Crippen molar-refractivity contribution < 1.29 is 22.7 Å². The van der Waals surface area contributed by atoms with Crippen LogP contribution in [-0.4, -0.2) is 27.7 Å². The Bertz CT molecular complexity index is 595. The standard InChI is InChI=1S/C14H19NO5S/c16-21(17,15-20-11-4-1-2-5-11)12-6-7-13-14(10-12)19-9-3-8-18-13/h6-7,10-11,15H,1-5,8-9H2. The van der Waals surface area contributed by atoms with Gasteiger partial charge in [-0.05, 0) is 25.0 Å². The van der Waals surface area contributed by atoms with E-state index in [0.717, 1.165) is 32.1 Å². The Hall–Kier alpha value is -1.31. The number of hydrogen-bond acceptors (Lipinski definition) is 5. The first-order valence-corrected chi connectivity index (χ1v) is 8.70. The lowest BCUT2D eigenvalue weighted by atomic mass is 10.3. The van der Waals surface area contributed by atoms with Crippen molar-refractivity contribution in [1.29, 1.82) is 0 Å². The van der Waals surface area contributed by atoms with Crippen LogP contribution < -0.4 is 14.4 Å². The van der Waals surface area contributed by atoms with Gasteiger partial charge in [-0.15, -0.1) is 0 Å². The lowest BCUT2D eigenvalue weighted by Gasteiger charge is -2.13. The maximum absolute atomic E-state index is 12.2. The van der Waals surface area contributed by atoms with Gasteiger partial charge in [0.05, 0.1) is 24.2 Å². The van der Waals surface area contributed by atoms with Crippen LogP contribution in [0.2, 0.25) is 0 Å². The molecule has 0 radical (unpaired) electrons. The molecule has 0 amide bonds. The molecule has 21 heavy (non-hydrogen) atoms. The van der Waals surface area contributed by atoms with Crippen molar-refractivity contribution in [2.75, 3.05) is 13.2 Å². The normalized spacial score (nSPS) is 19.4. The van der Waals surface area contributed by atoms with Crippen molar-refractivity contribution in [2.24, 2.45) is 0 Å². The molecule has 1 saturated carbocycles. The third-order valence-electron chi connectivity index (χ3n) is 3.66. The number of rotatable bonds is 4. The summed E-state index contributed by atoms with van der Waals surface area (Å²) < 4.78 is 35.4. The molecule has 0 saturated heterocycles. The van der Waals surface area contributed by atoms with Crippen LogP contribution in [0, 0.1) is 0 Å². The molecule has 0 atom stereocenters. The molecule has 1 aliphatic carbocycles. The second-order valence-electron chi connectivity index (χ2n) is 5.27. The van der Waals surface area contributed by atoms with E-state index in [-0.39, 0.29) is 11.0 Å². The van der Waals surface area contributed by atoms with Gasteiger partial charge in [-0.2, -0.15) is 0 Å². The largest absolute Gasteiger partial charge is 0.490 e. The van der Waals surface area contributed by atoms with E-state index < -0.39 is 10.0 Å². The SMILES string of the molecule is O=S(=O)(NOC1CCCC1)c1ccc2c(c1)OCCCO2. The minimum absolute atomic E-state index is 0.0276. The second-order valence-corrected chi connectivity index (χ2v) is 6.92. The molecule has 1 fully saturated rings. The second kappa shape index (κ2) is 6.21. The number of sulfonamides is 1. The molecule has 0 unspecified atom stereocenters. The minimum Gasteiger partial charge on any atom is -0.490 e. The van der Waals surface area contributed by atoms with E-state index in [4.69, 9.17) is 14.3 Å². The van der Waals surface area contributed by atoms with Crippen molar-refractivity contribution in [3.63, 3.8) is 0 Å². The third kappa shape index (κ3) is 3.48. The van der Waals surface area contributed by atoms with Gasteiger partial charge in [-0.25, -0.2) is 8.42 Å². The first-order valence-electron chi connectivity index (χ1n) is 7.22. The number of benzene rings is 1. The fourth-order valence-corrected chi connectivity index (χ4v) is 3.36. The molecule has 1 heterocycles. The molecule has 1 aromatic carbocycles. The third-order valence-corrected chi connectivity index (χ3v) is 4.85. The Balaban J connectivity index is 1.73. The summed E-state index contributed by atoms with van der Waals surface area (Å²) >= 11 is 0. The molecular weight excluding hydrogens is 294 g/mol. The first-order chi connectivity index (χ1) is 10.1. The molecule has 0 bridgehead atoms. The average molecular weight is 313 g/mol. The van der Waals surface area contributed by atoms with Crippen LogP contribution >= 0.6 is 0 Å². The van der Waals surface area contributed by atoms with Crippen LogP contribution in [0.4, 0.5) is 0 Å². The summed E-state index contributed by atoms with van der Waals surface area (Å²) in [6.45, 7) is 1.09. The topological polar surface area (TPSA) is 73.9 Å². The molecule has 0 aromatic heterocycles. The molecule has 1 aliphatic heterocycles. The van der Waals surface area contributed by atoms with E-state index >= 15 is 0 Å². The summed E-state index contributed by atoms with van der Waals surface area (Å²) in [5.41, 5.74) is 0. The highest BCUT2D eigenvalue weighted by molar-refractivity contribution is 7.89. The van der Waals surface area contributed by atoms with E-state index in [2.05, 4.69) is 4.89 Å². The zero-order valence-corrected chi connectivity index (χ0v) is 12.5. The predicted molar refractivity (Wildman–Crippen MR) is 75.7 cm³/mol. The highest BCUT2D eigenvalue weighted by atomic mass is 32.2. The van der Waals surface area contributed by atoms with Crippen LogP contribution in [0.15, 0.2) is 23.1 Å². The Morgan fingerprint density at radius 2 is 1.76 bits per heavy atom. The fraction of sp³-hybridized carbons (Fsp3) is 0.571. The molecule has 6 nitrogen and oxygen atoms in total. The van der Waals surface area contributed by atoms with Gasteiger partial charge < -0.3 is 9.47 Å². The van der Waals surface area contributed by atoms with E-state index in [1.807, 2.05) is 0 Å². The molecular formula is C14H19NO5S. The van der Waals surface area contributed by atoms with Gasteiger partial charge in [0.1, 0.15) is 0 Å². The van der Waals surface area contributed by atoms with Crippen molar-refractivity contribution in [3.05, 3.63) is 18.2 Å². The van der Waals surface area contributed by atoms with Crippen LogP contribution in [0.25, 0.3) is 0 Å². The maximum Gasteiger partial charge on any atom is 0.262 e. The van der Waals surface area contributed by atoms with Crippen LogP contribution in [0.1, 0.15) is 32.1 Å². The summed E-state index contributed by atoms with van der Waals surface area (Å²) in [5, 5.41) is 0. The predicted octanol–water partition coefficient (Wildman–Crippen LogP) is 2.00. The highest BCUT2D eigenvalue weighted by Crippen LogP contribution is 2.32. The Morgan fingerprint density at radius 1 is 1.05 bits per heavy atom. The van der Waals surface area contributed by atoms with Gasteiger partial charge in [-0.1, -0.05) is 17.7 Å². The number of nitrogens with one attached hydrogen (secondary N) is 1. The smallest absolute Gasteiger partial charge is 0.262 e. The monoisotopic (exact) mass is 313 g/mol. The molecule has 116 valence electrons. The molecule has 2 aliphatic rings. The summed E-state index contributed by atoms with van der Waals surface area (Å²) in [7, 11) is -3.70. The van der Waals surface area contributed by atoms with E-state index in [1.165, 1.54) is 12.1 Å². The zero-order valence-electron chi connectivity index (χ0n) is 11.7. The summed E-state index contributed by atoms with van der Waals surface area (Å²) in [5.74, 6) is 1.03. The van der Waals surface area contributed by atoms with Crippen LogP contribution in [-0.2, 0) is 14.9 Å². The summed E-state index contributed by atoms with van der Waals surface area (Å²) in [4.78, 5) is 7.61. The van der Waals surface area contributed by atoms with Gasteiger partial charge in [0, 0.05) is 12.5 Å². The van der Waals surface area contributed by atoms with Crippen molar-refractivity contribution in [2.45, 2.75) is 43.1 Å². The molecule has 0 spiro atoms. The number of fused-ring (bicyclic) bond motifs is 1. The molecule has 1 N–H and O–H groups in total. The fourth-order valence-electron chi connectivity index (χ4n) is 2.50. The van der Waals surface area contributed by atoms with Crippen molar-refractivity contribution in [3.8, 4) is 11.5 Å². The summed E-state index contributed by atoms with van der Waals surface area (Å²) in [6.07, 6.45) is 4.69. The average Bonchev–Trinajstić information content (AvgIpc) is 2.89. The van der Waals surface area contributed by atoms with Crippen LogP contribution in [0.5, 0.6) is 11.5 Å². The lowest BCUT2D eigenvalue weighted by Crippen LogP contribution is -2.28. The Labute approximate surface area is 124 Å². The number of hydrogen-bond donors (Lipinski definition) is 1. The Morgan fingerprint density at radius 3 is 2.52 bits per heavy atom. The van der Waals surface area contributed by atoms with Crippen molar-refractivity contribution >= 4 is 10.0 Å². The van der Waals surface area contributed by atoms with Gasteiger partial charge in [-0.3, -0.25) is 4.84 Å². The minimum atomic E-state index is -3.70. The maximum atomic E-state index is 12.2.